The van der Waals surface area contributed by atoms with Crippen LogP contribution in [0.4, 0.5) is 28.9 Å². The van der Waals surface area contributed by atoms with Crippen molar-refractivity contribution in [3.8, 4) is 0 Å². The summed E-state index contributed by atoms with van der Waals surface area (Å²) in [5.74, 6) is -3.25. The SMILES string of the molecule is Nc1cc(F)c(NCc2ccc(F)cc2F)c(F)c1. The van der Waals surface area contributed by atoms with Crippen LogP contribution in [0.1, 0.15) is 5.56 Å². The van der Waals surface area contributed by atoms with Crippen LogP contribution in [0.15, 0.2) is 30.3 Å². The van der Waals surface area contributed by atoms with E-state index in [1.54, 1.807) is 0 Å². The lowest BCUT2D eigenvalue weighted by Gasteiger charge is -2.10. The molecule has 2 aromatic rings. The van der Waals surface area contributed by atoms with Gasteiger partial charge in [0.05, 0.1) is 0 Å². The second-order valence-electron chi connectivity index (χ2n) is 3.95. The zero-order chi connectivity index (χ0) is 14.0. The molecule has 2 rings (SSSR count). The van der Waals surface area contributed by atoms with Gasteiger partial charge in [-0.1, -0.05) is 6.07 Å². The predicted molar refractivity (Wildman–Crippen MR) is 64.5 cm³/mol. The van der Waals surface area contributed by atoms with Crippen LogP contribution in [0.3, 0.4) is 0 Å². The third-order valence-corrected chi connectivity index (χ3v) is 2.54. The maximum absolute atomic E-state index is 13.4. The normalized spacial score (nSPS) is 10.5. The van der Waals surface area contributed by atoms with Gasteiger partial charge in [-0.3, -0.25) is 0 Å². The first-order chi connectivity index (χ1) is 8.97. The molecule has 6 heteroatoms. The summed E-state index contributed by atoms with van der Waals surface area (Å²) in [7, 11) is 0. The lowest BCUT2D eigenvalue weighted by molar-refractivity contribution is 0.570. The molecule has 2 nitrogen and oxygen atoms in total. The third-order valence-electron chi connectivity index (χ3n) is 2.54. The van der Waals surface area contributed by atoms with E-state index in [0.717, 1.165) is 18.2 Å². The van der Waals surface area contributed by atoms with E-state index < -0.39 is 29.0 Å². The molecule has 0 unspecified atom stereocenters. The molecule has 3 N–H and O–H groups in total. The van der Waals surface area contributed by atoms with Gasteiger partial charge >= 0.3 is 0 Å². The fraction of sp³-hybridized carbons (Fsp3) is 0.0769. The summed E-state index contributed by atoms with van der Waals surface area (Å²) < 4.78 is 52.9. The molecule has 0 saturated carbocycles. The largest absolute Gasteiger partial charge is 0.399 e. The number of halogens is 4. The van der Waals surface area contributed by atoms with Crippen LogP contribution in [0.25, 0.3) is 0 Å². The summed E-state index contributed by atoms with van der Waals surface area (Å²) in [6.45, 7) is -0.177. The number of anilines is 2. The number of nitrogens with two attached hydrogens (primary N) is 1. The maximum atomic E-state index is 13.4. The Hall–Kier alpha value is -2.24. The summed E-state index contributed by atoms with van der Waals surface area (Å²) in [6, 6.07) is 4.87. The Bertz CT molecular complexity index is 591. The Balaban J connectivity index is 2.19. The monoisotopic (exact) mass is 270 g/mol. The van der Waals surface area contributed by atoms with Crippen molar-refractivity contribution in [1.82, 2.24) is 0 Å². The molecule has 0 bridgehead atoms. The minimum absolute atomic E-state index is 0.0477. The summed E-state index contributed by atoms with van der Waals surface area (Å²) in [5, 5.41) is 2.42. The molecule has 0 atom stereocenters. The minimum atomic E-state index is -0.875. The van der Waals surface area contributed by atoms with Crippen LogP contribution < -0.4 is 11.1 Å². The Labute approximate surface area is 106 Å². The first-order valence-corrected chi connectivity index (χ1v) is 5.39. The highest BCUT2D eigenvalue weighted by Crippen LogP contribution is 2.23. The van der Waals surface area contributed by atoms with E-state index in [-0.39, 0.29) is 17.8 Å². The zero-order valence-corrected chi connectivity index (χ0v) is 9.68. The fourth-order valence-electron chi connectivity index (χ4n) is 1.61. The van der Waals surface area contributed by atoms with Crippen molar-refractivity contribution >= 4 is 11.4 Å². The molecule has 0 heterocycles. The van der Waals surface area contributed by atoms with Gasteiger partial charge in [-0.15, -0.1) is 0 Å². The van der Waals surface area contributed by atoms with Gasteiger partial charge < -0.3 is 11.1 Å². The van der Waals surface area contributed by atoms with Gasteiger partial charge in [0.25, 0.3) is 0 Å². The van der Waals surface area contributed by atoms with Crippen molar-refractivity contribution < 1.29 is 17.6 Å². The van der Waals surface area contributed by atoms with Crippen LogP contribution in [-0.4, -0.2) is 0 Å². The molecular weight excluding hydrogens is 260 g/mol. The maximum Gasteiger partial charge on any atom is 0.151 e. The van der Waals surface area contributed by atoms with Crippen molar-refractivity contribution in [3.63, 3.8) is 0 Å². The predicted octanol–water partition coefficient (Wildman–Crippen LogP) is 3.44. The van der Waals surface area contributed by atoms with Crippen molar-refractivity contribution in [2.45, 2.75) is 6.54 Å². The Kier molecular flexibility index (Phi) is 3.59. The van der Waals surface area contributed by atoms with E-state index in [1.165, 1.54) is 6.07 Å². The molecular formula is C13H10F4N2. The van der Waals surface area contributed by atoms with Crippen LogP contribution >= 0.6 is 0 Å². The second-order valence-corrected chi connectivity index (χ2v) is 3.95. The number of nitrogens with one attached hydrogen (secondary N) is 1. The number of rotatable bonds is 3. The molecule has 0 saturated heterocycles. The highest BCUT2D eigenvalue weighted by atomic mass is 19.1. The Morgan fingerprint density at radius 3 is 2.11 bits per heavy atom. The lowest BCUT2D eigenvalue weighted by Crippen LogP contribution is -2.06. The van der Waals surface area contributed by atoms with Crippen LogP contribution in [0, 0.1) is 23.3 Å². The molecule has 19 heavy (non-hydrogen) atoms. The number of benzene rings is 2. The molecule has 100 valence electrons. The number of hydrogen-bond acceptors (Lipinski definition) is 2. The molecule has 0 amide bonds. The van der Waals surface area contributed by atoms with E-state index in [2.05, 4.69) is 5.32 Å². The highest BCUT2D eigenvalue weighted by Gasteiger charge is 2.11. The summed E-state index contributed by atoms with van der Waals surface area (Å²) in [5.41, 5.74) is 4.91. The molecule has 0 radical (unpaired) electrons. The minimum Gasteiger partial charge on any atom is -0.399 e. The summed E-state index contributed by atoms with van der Waals surface area (Å²) in [4.78, 5) is 0. The van der Waals surface area contributed by atoms with Crippen molar-refractivity contribution in [1.29, 1.82) is 0 Å². The summed E-state index contributed by atoms with van der Waals surface area (Å²) in [6.07, 6.45) is 0. The van der Waals surface area contributed by atoms with Gasteiger partial charge in [0, 0.05) is 23.9 Å². The van der Waals surface area contributed by atoms with Gasteiger partial charge in [0.2, 0.25) is 0 Å². The second kappa shape index (κ2) is 5.17. The van der Waals surface area contributed by atoms with Gasteiger partial charge in [-0.05, 0) is 18.2 Å². The molecule has 2 aromatic carbocycles. The molecule has 0 aliphatic rings. The van der Waals surface area contributed by atoms with Gasteiger partial charge in [0.15, 0.2) is 11.6 Å². The zero-order valence-electron chi connectivity index (χ0n) is 9.68. The average molecular weight is 270 g/mol. The highest BCUT2D eigenvalue weighted by molar-refractivity contribution is 5.54. The number of nitrogen functional groups attached to an aromatic ring is 1. The van der Waals surface area contributed by atoms with E-state index in [0.29, 0.717) is 6.07 Å². The van der Waals surface area contributed by atoms with Gasteiger partial charge in [-0.2, -0.15) is 0 Å². The Morgan fingerprint density at radius 1 is 0.895 bits per heavy atom. The van der Waals surface area contributed by atoms with Crippen molar-refractivity contribution in [2.75, 3.05) is 11.1 Å². The van der Waals surface area contributed by atoms with Crippen molar-refractivity contribution in [3.05, 3.63) is 59.2 Å². The molecule has 0 spiro atoms. The first-order valence-electron chi connectivity index (χ1n) is 5.39. The van der Waals surface area contributed by atoms with E-state index in [1.807, 2.05) is 0 Å². The van der Waals surface area contributed by atoms with E-state index >= 15 is 0 Å². The molecule has 0 fully saturated rings. The standard InChI is InChI=1S/C13H10F4N2/c14-8-2-1-7(10(15)3-8)6-19-13-11(16)4-9(18)5-12(13)17/h1-5,19H,6,18H2. The van der Waals surface area contributed by atoms with E-state index in [4.69, 9.17) is 5.73 Å². The summed E-state index contributed by atoms with van der Waals surface area (Å²) >= 11 is 0. The quantitative estimate of drug-likeness (QED) is 0.662. The smallest absolute Gasteiger partial charge is 0.151 e. The van der Waals surface area contributed by atoms with E-state index in [9.17, 15) is 17.6 Å². The third kappa shape index (κ3) is 2.96. The van der Waals surface area contributed by atoms with Gasteiger partial charge in [0.1, 0.15) is 17.3 Å². The van der Waals surface area contributed by atoms with Crippen LogP contribution in [0.2, 0.25) is 0 Å². The molecule has 0 aromatic heterocycles. The van der Waals surface area contributed by atoms with Gasteiger partial charge in [-0.25, -0.2) is 17.6 Å². The molecule has 0 aliphatic heterocycles. The van der Waals surface area contributed by atoms with Crippen molar-refractivity contribution in [2.24, 2.45) is 0 Å². The average Bonchev–Trinajstić information content (AvgIpc) is 2.30. The fourth-order valence-corrected chi connectivity index (χ4v) is 1.61. The topological polar surface area (TPSA) is 38.0 Å². The Morgan fingerprint density at radius 2 is 1.53 bits per heavy atom. The van der Waals surface area contributed by atoms with Crippen LogP contribution in [0.5, 0.6) is 0 Å². The van der Waals surface area contributed by atoms with Crippen LogP contribution in [-0.2, 0) is 6.54 Å². The number of hydrogen-bond donors (Lipinski definition) is 2. The first kappa shape index (κ1) is 13.2. The molecule has 0 aliphatic carbocycles. The lowest BCUT2D eigenvalue weighted by atomic mass is 10.2.